The van der Waals surface area contributed by atoms with Crippen molar-refractivity contribution in [3.05, 3.63) is 59.8 Å². The van der Waals surface area contributed by atoms with E-state index in [4.69, 9.17) is 0 Å². The van der Waals surface area contributed by atoms with Gasteiger partial charge in [-0.1, -0.05) is 44.2 Å². The van der Waals surface area contributed by atoms with E-state index >= 15 is 0 Å². The van der Waals surface area contributed by atoms with Crippen molar-refractivity contribution in [3.63, 3.8) is 0 Å². The van der Waals surface area contributed by atoms with Crippen LogP contribution in [-0.2, 0) is 23.2 Å². The van der Waals surface area contributed by atoms with E-state index < -0.39 is 22.0 Å². The summed E-state index contributed by atoms with van der Waals surface area (Å²) in [5.41, 5.74) is 2.41. The fraction of sp³-hybridized carbons (Fsp3) is 0.318. The van der Waals surface area contributed by atoms with Crippen LogP contribution in [-0.4, -0.2) is 37.3 Å². The lowest BCUT2D eigenvalue weighted by atomic mass is 10.0. The number of carbonyl (C=O) groups excluding carboxylic acids is 1. The van der Waals surface area contributed by atoms with Crippen LogP contribution < -0.4 is 4.72 Å². The molecule has 0 atom stereocenters. The normalized spacial score (nSPS) is 11.9. The minimum Gasteiger partial charge on any atom is -0.350 e. The summed E-state index contributed by atoms with van der Waals surface area (Å²) in [5, 5.41) is 0.815. The zero-order valence-electron chi connectivity index (χ0n) is 18.4. The number of alkyl halides is 2. The summed E-state index contributed by atoms with van der Waals surface area (Å²) >= 11 is 0. The smallest absolute Gasteiger partial charge is 0.303 e. The highest BCUT2D eigenvalue weighted by atomic mass is 32.2. The third kappa shape index (κ3) is 5.29. The number of aryl methyl sites for hydroxylation is 1. The first-order valence-corrected chi connectivity index (χ1v) is 11.2. The van der Waals surface area contributed by atoms with Crippen molar-refractivity contribution in [1.82, 2.24) is 13.6 Å². The molecule has 3 aromatic rings. The van der Waals surface area contributed by atoms with E-state index in [1.54, 1.807) is 35.9 Å². The fourth-order valence-electron chi connectivity index (χ4n) is 2.97. The van der Waals surface area contributed by atoms with Crippen LogP contribution in [0, 0.1) is 0 Å². The van der Waals surface area contributed by atoms with E-state index in [9.17, 15) is 22.0 Å². The lowest BCUT2D eigenvalue weighted by Crippen LogP contribution is -2.39. The molecular formula is C22H27F2N3O3S. The molecule has 1 N–H and O–H groups in total. The summed E-state index contributed by atoms with van der Waals surface area (Å²) in [6.45, 7) is 4.85. The molecule has 0 aliphatic rings. The Morgan fingerprint density at radius 1 is 1.06 bits per heavy atom. The number of rotatable bonds is 5. The number of nitrogens with one attached hydrogen (secondary N) is 1. The molecule has 0 fully saturated rings. The molecule has 0 aliphatic carbocycles. The molecule has 0 aliphatic heterocycles. The topological polar surface area (TPSA) is 71.4 Å². The molecule has 0 saturated heterocycles. The first-order valence-electron chi connectivity index (χ1n) is 9.72. The lowest BCUT2D eigenvalue weighted by molar-refractivity contribution is 0.0175. The number of nitrogens with zero attached hydrogens (tertiary/aromatic N) is 2. The Morgan fingerprint density at radius 3 is 2.16 bits per heavy atom. The predicted molar refractivity (Wildman–Crippen MR) is 119 cm³/mol. The molecule has 0 unspecified atom stereocenters. The maximum Gasteiger partial charge on any atom is 0.303 e. The second kappa shape index (κ2) is 9.15. The number of aromatic nitrogens is 1. The van der Waals surface area contributed by atoms with Crippen molar-refractivity contribution in [2.75, 3.05) is 14.1 Å². The SMILES string of the molecule is CC.CN(C)S(=O)(=O)NC(=O)c1ccc2c(-c3ccc(C(C)(F)F)cc3)cn(C)c2c1. The Hall–Kier alpha value is -2.78. The van der Waals surface area contributed by atoms with E-state index in [0.29, 0.717) is 5.52 Å². The molecule has 0 bridgehead atoms. The maximum atomic E-state index is 13.4. The Bertz CT molecular complexity index is 1180. The van der Waals surface area contributed by atoms with Gasteiger partial charge >= 0.3 is 10.2 Å². The van der Waals surface area contributed by atoms with Gasteiger partial charge in [0.15, 0.2) is 0 Å². The van der Waals surface area contributed by atoms with Crippen LogP contribution in [0.5, 0.6) is 0 Å². The van der Waals surface area contributed by atoms with Crippen molar-refractivity contribution in [2.45, 2.75) is 26.7 Å². The Morgan fingerprint density at radius 2 is 1.65 bits per heavy atom. The van der Waals surface area contributed by atoms with Gasteiger partial charge in [0.25, 0.3) is 11.8 Å². The molecule has 1 heterocycles. The third-order valence-corrected chi connectivity index (χ3v) is 6.06. The summed E-state index contributed by atoms with van der Waals surface area (Å²) in [6.07, 6.45) is 1.84. The highest BCUT2D eigenvalue weighted by Crippen LogP contribution is 2.33. The van der Waals surface area contributed by atoms with Crippen molar-refractivity contribution < 1.29 is 22.0 Å². The monoisotopic (exact) mass is 451 g/mol. The zero-order chi connectivity index (χ0) is 23.6. The summed E-state index contributed by atoms with van der Waals surface area (Å²) in [5.74, 6) is -3.65. The summed E-state index contributed by atoms with van der Waals surface area (Å²) < 4.78 is 55.3. The van der Waals surface area contributed by atoms with Gasteiger partial charge in [0.05, 0.1) is 0 Å². The van der Waals surface area contributed by atoms with E-state index in [2.05, 4.69) is 0 Å². The van der Waals surface area contributed by atoms with Crippen molar-refractivity contribution in [3.8, 4) is 11.1 Å². The zero-order valence-corrected chi connectivity index (χ0v) is 19.2. The molecule has 1 amide bonds. The highest BCUT2D eigenvalue weighted by Gasteiger charge is 2.24. The molecule has 31 heavy (non-hydrogen) atoms. The quantitative estimate of drug-likeness (QED) is 0.620. The molecule has 0 radical (unpaired) electrons. The van der Waals surface area contributed by atoms with Gasteiger partial charge in [-0.05, 0) is 17.7 Å². The molecular weight excluding hydrogens is 424 g/mol. The predicted octanol–water partition coefficient (Wildman–Crippen LogP) is 4.52. The number of hydrogen-bond donors (Lipinski definition) is 1. The molecule has 6 nitrogen and oxygen atoms in total. The fourth-order valence-corrected chi connectivity index (χ4v) is 3.50. The van der Waals surface area contributed by atoms with Gasteiger partial charge in [-0.25, -0.2) is 13.5 Å². The van der Waals surface area contributed by atoms with Crippen molar-refractivity contribution in [1.29, 1.82) is 0 Å². The van der Waals surface area contributed by atoms with E-state index in [1.165, 1.54) is 32.3 Å². The second-order valence-corrected chi connectivity index (χ2v) is 8.95. The number of amides is 1. The lowest BCUT2D eigenvalue weighted by Gasteiger charge is -2.12. The minimum absolute atomic E-state index is 0.0671. The number of hydrogen-bond acceptors (Lipinski definition) is 3. The maximum absolute atomic E-state index is 13.4. The number of benzene rings is 2. The summed E-state index contributed by atoms with van der Waals surface area (Å²) in [7, 11) is 0.536. The first-order chi connectivity index (χ1) is 14.4. The molecule has 3 rings (SSSR count). The minimum atomic E-state index is -3.90. The number of halogens is 2. The van der Waals surface area contributed by atoms with Crippen LogP contribution >= 0.6 is 0 Å². The second-order valence-electron chi connectivity index (χ2n) is 7.07. The van der Waals surface area contributed by atoms with Gasteiger partial charge in [0, 0.05) is 61.9 Å². The van der Waals surface area contributed by atoms with Gasteiger partial charge < -0.3 is 4.57 Å². The van der Waals surface area contributed by atoms with Gasteiger partial charge in [0.1, 0.15) is 0 Å². The Labute approximate surface area is 181 Å². The standard InChI is InChI=1S/C20H21F2N3O3S.C2H6/c1-20(21,22)15-8-5-13(6-9-15)17-12-25(4)18-11-14(7-10-16(17)18)19(26)23-29(27,28)24(2)3;1-2/h5-12H,1-4H3,(H,23,26);1-2H3. The van der Waals surface area contributed by atoms with E-state index in [1.807, 2.05) is 24.8 Å². The first kappa shape index (κ1) is 24.5. The van der Waals surface area contributed by atoms with Crippen LogP contribution in [0.1, 0.15) is 36.7 Å². The molecule has 168 valence electrons. The molecule has 0 spiro atoms. The number of carbonyl (C=O) groups is 1. The van der Waals surface area contributed by atoms with Crippen molar-refractivity contribution in [2.24, 2.45) is 7.05 Å². The Kier molecular flexibility index (Phi) is 7.23. The van der Waals surface area contributed by atoms with Gasteiger partial charge in [-0.15, -0.1) is 0 Å². The Balaban J connectivity index is 0.00000166. The largest absolute Gasteiger partial charge is 0.350 e. The van der Waals surface area contributed by atoms with E-state index in [-0.39, 0.29) is 11.1 Å². The molecule has 9 heteroatoms. The van der Waals surface area contributed by atoms with Gasteiger partial charge in [-0.2, -0.15) is 12.7 Å². The van der Waals surface area contributed by atoms with Gasteiger partial charge in [0.2, 0.25) is 0 Å². The van der Waals surface area contributed by atoms with Crippen LogP contribution in [0.3, 0.4) is 0 Å². The van der Waals surface area contributed by atoms with Gasteiger partial charge in [-0.3, -0.25) is 4.79 Å². The van der Waals surface area contributed by atoms with Crippen LogP contribution in [0.15, 0.2) is 48.7 Å². The number of fused-ring (bicyclic) bond motifs is 1. The van der Waals surface area contributed by atoms with Crippen LogP contribution in [0.25, 0.3) is 22.0 Å². The average Bonchev–Trinajstić information content (AvgIpc) is 3.04. The van der Waals surface area contributed by atoms with E-state index in [0.717, 1.165) is 27.7 Å². The van der Waals surface area contributed by atoms with Crippen LogP contribution in [0.2, 0.25) is 0 Å². The molecule has 1 aromatic heterocycles. The average molecular weight is 452 g/mol. The summed E-state index contributed by atoms with van der Waals surface area (Å²) in [4.78, 5) is 12.3. The highest BCUT2D eigenvalue weighted by molar-refractivity contribution is 7.87. The molecule has 0 saturated carbocycles. The van der Waals surface area contributed by atoms with Crippen molar-refractivity contribution >= 4 is 27.0 Å². The molecule has 2 aromatic carbocycles. The van der Waals surface area contributed by atoms with Crippen LogP contribution in [0.4, 0.5) is 8.78 Å². The third-order valence-electron chi connectivity index (χ3n) is 4.66. The summed E-state index contributed by atoms with van der Waals surface area (Å²) in [6, 6.07) is 10.9.